The summed E-state index contributed by atoms with van der Waals surface area (Å²) in [4.78, 5) is 16.7. The number of fused-ring (bicyclic) bond motifs is 1. The molecular weight excluding hydrogens is 264 g/mol. The molecule has 2 rings (SSSR count). The molecule has 1 amide bonds. The Bertz CT molecular complexity index is 651. The van der Waals surface area contributed by atoms with Crippen LogP contribution in [0.25, 0.3) is 10.9 Å². The maximum Gasteiger partial charge on any atom is 0.253 e. The van der Waals surface area contributed by atoms with Crippen molar-refractivity contribution < 1.29 is 9.53 Å². The number of rotatable bonds is 5. The molecule has 0 aliphatic heterocycles. The number of aryl methyl sites for hydroxylation is 1. The normalized spacial score (nSPS) is 10.9. The van der Waals surface area contributed by atoms with Crippen LogP contribution in [0.3, 0.4) is 0 Å². The zero-order chi connectivity index (χ0) is 15.4. The Labute approximate surface area is 125 Å². The Morgan fingerprint density at radius 1 is 1.33 bits per heavy atom. The highest BCUT2D eigenvalue weighted by atomic mass is 16.5. The number of nitrogens with one attached hydrogen (secondary N) is 1. The molecule has 0 atom stereocenters. The van der Waals surface area contributed by atoms with Gasteiger partial charge in [-0.1, -0.05) is 13.8 Å². The van der Waals surface area contributed by atoms with E-state index in [2.05, 4.69) is 24.1 Å². The summed E-state index contributed by atoms with van der Waals surface area (Å²) in [6, 6.07) is 7.57. The Morgan fingerprint density at radius 2 is 2.10 bits per heavy atom. The standard InChI is InChI=1S/C17H22N2O2/c1-11(2)7-8-18-17(20)15-9-13-5-6-14(21-4)10-16(13)19-12(15)3/h5-6,9-11H,7-8H2,1-4H3,(H,18,20). The van der Waals surface area contributed by atoms with Crippen LogP contribution in [0.4, 0.5) is 0 Å². The van der Waals surface area contributed by atoms with Crippen molar-refractivity contribution in [2.24, 2.45) is 5.92 Å². The van der Waals surface area contributed by atoms with Crippen LogP contribution < -0.4 is 10.1 Å². The van der Waals surface area contributed by atoms with Crippen LogP contribution in [0, 0.1) is 12.8 Å². The quantitative estimate of drug-likeness (QED) is 0.917. The highest BCUT2D eigenvalue weighted by molar-refractivity contribution is 5.98. The van der Waals surface area contributed by atoms with Gasteiger partial charge in [0.05, 0.1) is 23.9 Å². The van der Waals surface area contributed by atoms with Crippen LogP contribution in [0.2, 0.25) is 0 Å². The lowest BCUT2D eigenvalue weighted by Gasteiger charge is -2.10. The Morgan fingerprint density at radius 3 is 2.76 bits per heavy atom. The molecule has 0 unspecified atom stereocenters. The van der Waals surface area contributed by atoms with Gasteiger partial charge in [-0.25, -0.2) is 0 Å². The van der Waals surface area contributed by atoms with Crippen molar-refractivity contribution >= 4 is 16.8 Å². The average Bonchev–Trinajstić information content (AvgIpc) is 2.45. The highest BCUT2D eigenvalue weighted by Crippen LogP contribution is 2.21. The molecule has 4 nitrogen and oxygen atoms in total. The third kappa shape index (κ3) is 3.72. The van der Waals surface area contributed by atoms with E-state index in [-0.39, 0.29) is 5.91 Å². The number of hydrogen-bond donors (Lipinski definition) is 1. The van der Waals surface area contributed by atoms with E-state index in [1.807, 2.05) is 31.2 Å². The number of hydrogen-bond acceptors (Lipinski definition) is 3. The zero-order valence-corrected chi connectivity index (χ0v) is 13.1. The lowest BCUT2D eigenvalue weighted by atomic mass is 10.1. The minimum absolute atomic E-state index is 0.0571. The molecule has 0 radical (unpaired) electrons. The van der Waals surface area contributed by atoms with Crippen molar-refractivity contribution in [3.05, 3.63) is 35.5 Å². The monoisotopic (exact) mass is 286 g/mol. The summed E-state index contributed by atoms with van der Waals surface area (Å²) >= 11 is 0. The summed E-state index contributed by atoms with van der Waals surface area (Å²) in [6.07, 6.45) is 0.975. The van der Waals surface area contributed by atoms with Crippen molar-refractivity contribution in [2.45, 2.75) is 27.2 Å². The predicted octanol–water partition coefficient (Wildman–Crippen LogP) is 3.33. The fourth-order valence-corrected chi connectivity index (χ4v) is 2.17. The molecule has 0 aliphatic carbocycles. The molecule has 0 saturated heterocycles. The molecule has 0 bridgehead atoms. The average molecular weight is 286 g/mol. The molecule has 1 N–H and O–H groups in total. The van der Waals surface area contributed by atoms with E-state index in [1.165, 1.54) is 0 Å². The maximum atomic E-state index is 12.2. The van der Waals surface area contributed by atoms with Crippen molar-refractivity contribution in [3.8, 4) is 5.75 Å². The van der Waals surface area contributed by atoms with Gasteiger partial charge < -0.3 is 10.1 Å². The molecule has 0 fully saturated rings. The van der Waals surface area contributed by atoms with Gasteiger partial charge in [0.15, 0.2) is 0 Å². The van der Waals surface area contributed by atoms with E-state index in [4.69, 9.17) is 4.74 Å². The highest BCUT2D eigenvalue weighted by Gasteiger charge is 2.11. The minimum Gasteiger partial charge on any atom is -0.497 e. The van der Waals surface area contributed by atoms with E-state index in [9.17, 15) is 4.79 Å². The van der Waals surface area contributed by atoms with Crippen LogP contribution in [-0.2, 0) is 0 Å². The largest absolute Gasteiger partial charge is 0.497 e. The third-order valence-electron chi connectivity index (χ3n) is 3.47. The van der Waals surface area contributed by atoms with Gasteiger partial charge in [-0.2, -0.15) is 0 Å². The summed E-state index contributed by atoms with van der Waals surface area (Å²) in [6.45, 7) is 6.83. The fraction of sp³-hybridized carbons (Fsp3) is 0.412. The first-order valence-electron chi connectivity index (χ1n) is 7.25. The molecule has 0 saturated carbocycles. The molecule has 1 aromatic heterocycles. The Kier molecular flexibility index (Phi) is 4.78. The van der Waals surface area contributed by atoms with E-state index in [0.717, 1.165) is 28.8 Å². The summed E-state index contributed by atoms with van der Waals surface area (Å²) in [5.41, 5.74) is 2.21. The summed E-state index contributed by atoms with van der Waals surface area (Å²) < 4.78 is 5.20. The second-order valence-corrected chi connectivity index (χ2v) is 5.62. The van der Waals surface area contributed by atoms with Gasteiger partial charge in [-0.15, -0.1) is 0 Å². The van der Waals surface area contributed by atoms with Gasteiger partial charge in [0.25, 0.3) is 5.91 Å². The first-order chi connectivity index (χ1) is 10.0. The van der Waals surface area contributed by atoms with Gasteiger partial charge in [0.2, 0.25) is 0 Å². The molecule has 1 aromatic carbocycles. The van der Waals surface area contributed by atoms with E-state index < -0.39 is 0 Å². The molecule has 0 spiro atoms. The number of pyridine rings is 1. The minimum atomic E-state index is -0.0571. The van der Waals surface area contributed by atoms with Crippen molar-refractivity contribution in [1.29, 1.82) is 0 Å². The third-order valence-corrected chi connectivity index (χ3v) is 3.47. The van der Waals surface area contributed by atoms with Crippen LogP contribution in [0.15, 0.2) is 24.3 Å². The summed E-state index contributed by atoms with van der Waals surface area (Å²) in [7, 11) is 1.63. The zero-order valence-electron chi connectivity index (χ0n) is 13.1. The number of methoxy groups -OCH3 is 1. The van der Waals surface area contributed by atoms with Crippen LogP contribution >= 0.6 is 0 Å². The SMILES string of the molecule is COc1ccc2cc(C(=O)NCCC(C)C)c(C)nc2c1. The molecule has 112 valence electrons. The maximum absolute atomic E-state index is 12.2. The van der Waals surface area contributed by atoms with Gasteiger partial charge in [0.1, 0.15) is 5.75 Å². The topological polar surface area (TPSA) is 51.2 Å². The molecule has 2 aromatic rings. The molecule has 0 aliphatic rings. The number of carbonyl (C=O) groups excluding carboxylic acids is 1. The number of nitrogens with zero attached hydrogens (tertiary/aromatic N) is 1. The molecular formula is C17H22N2O2. The fourth-order valence-electron chi connectivity index (χ4n) is 2.17. The van der Waals surface area contributed by atoms with E-state index in [0.29, 0.717) is 18.0 Å². The van der Waals surface area contributed by atoms with Crippen LogP contribution in [0.5, 0.6) is 5.75 Å². The van der Waals surface area contributed by atoms with Crippen molar-refractivity contribution in [3.63, 3.8) is 0 Å². The number of carbonyl (C=O) groups is 1. The van der Waals surface area contributed by atoms with Crippen LogP contribution in [-0.4, -0.2) is 24.5 Å². The predicted molar refractivity (Wildman–Crippen MR) is 84.8 cm³/mol. The molecule has 21 heavy (non-hydrogen) atoms. The number of ether oxygens (including phenoxy) is 1. The second-order valence-electron chi connectivity index (χ2n) is 5.62. The van der Waals surface area contributed by atoms with Gasteiger partial charge in [-0.3, -0.25) is 9.78 Å². The summed E-state index contributed by atoms with van der Waals surface area (Å²) in [5, 5.41) is 3.89. The second kappa shape index (κ2) is 6.57. The Hall–Kier alpha value is -2.10. The van der Waals surface area contributed by atoms with Crippen molar-refractivity contribution in [1.82, 2.24) is 10.3 Å². The lowest BCUT2D eigenvalue weighted by molar-refractivity contribution is 0.0951. The van der Waals surface area contributed by atoms with Gasteiger partial charge in [0, 0.05) is 18.0 Å². The van der Waals surface area contributed by atoms with Gasteiger partial charge in [-0.05, 0) is 37.5 Å². The molecule has 4 heteroatoms. The van der Waals surface area contributed by atoms with E-state index >= 15 is 0 Å². The smallest absolute Gasteiger partial charge is 0.253 e. The van der Waals surface area contributed by atoms with Crippen LogP contribution in [0.1, 0.15) is 36.3 Å². The summed E-state index contributed by atoms with van der Waals surface area (Å²) in [5.74, 6) is 1.29. The Balaban J connectivity index is 2.24. The first kappa shape index (κ1) is 15.3. The molecule has 1 heterocycles. The van der Waals surface area contributed by atoms with E-state index in [1.54, 1.807) is 7.11 Å². The van der Waals surface area contributed by atoms with Gasteiger partial charge >= 0.3 is 0 Å². The van der Waals surface area contributed by atoms with Crippen molar-refractivity contribution in [2.75, 3.05) is 13.7 Å². The lowest BCUT2D eigenvalue weighted by Crippen LogP contribution is -2.26. The number of benzene rings is 1. The first-order valence-corrected chi connectivity index (χ1v) is 7.25. The number of amides is 1. The number of aromatic nitrogens is 1.